The Morgan fingerprint density at radius 1 is 1.12 bits per heavy atom. The van der Waals surface area contributed by atoms with Gasteiger partial charge in [-0.05, 0) is 42.7 Å². The number of nitrogens with zero attached hydrogens (tertiary/aromatic N) is 3. The number of aryl methyl sites for hydroxylation is 1. The quantitative estimate of drug-likeness (QED) is 0.413. The smallest absolute Gasteiger partial charge is 0.274 e. The SMILES string of the molecule is CCCCn1nc(C(=O)N2CC(c3ccccc3Cl)c3c([nH]c4ccccc34)C2C)ccc1=O. The van der Waals surface area contributed by atoms with Crippen LogP contribution in [0.15, 0.2) is 65.5 Å². The average Bonchev–Trinajstić information content (AvgIpc) is 3.24. The lowest BCUT2D eigenvalue weighted by molar-refractivity contribution is 0.0653. The molecule has 2 atom stereocenters. The fraction of sp³-hybridized carbons (Fsp3) is 0.296. The highest BCUT2D eigenvalue weighted by Gasteiger charge is 2.38. The summed E-state index contributed by atoms with van der Waals surface area (Å²) in [6, 6.07) is 18.8. The summed E-state index contributed by atoms with van der Waals surface area (Å²) in [5.41, 5.74) is 4.30. The van der Waals surface area contributed by atoms with Crippen molar-refractivity contribution in [3.05, 3.63) is 98.6 Å². The van der Waals surface area contributed by atoms with Gasteiger partial charge in [0.05, 0.1) is 6.04 Å². The summed E-state index contributed by atoms with van der Waals surface area (Å²) in [6.45, 7) is 5.05. The molecule has 34 heavy (non-hydrogen) atoms. The standard InChI is InChI=1S/C27H27ClN4O2/c1-3-4-15-32-24(33)14-13-23(30-32)27(34)31-16-20(18-9-5-7-11-21(18)28)25-19-10-6-8-12-22(19)29-26(25)17(31)2/h5-14,17,20,29H,3-4,15-16H2,1-2H3. The zero-order chi connectivity index (χ0) is 23.8. The minimum absolute atomic E-state index is 0.0917. The van der Waals surface area contributed by atoms with Gasteiger partial charge < -0.3 is 9.88 Å². The predicted octanol–water partition coefficient (Wildman–Crippen LogP) is 5.53. The van der Waals surface area contributed by atoms with Crippen LogP contribution < -0.4 is 5.56 Å². The molecular weight excluding hydrogens is 448 g/mol. The van der Waals surface area contributed by atoms with Crippen molar-refractivity contribution in [3.8, 4) is 0 Å². The molecule has 0 saturated heterocycles. The van der Waals surface area contributed by atoms with Gasteiger partial charge in [0.15, 0.2) is 0 Å². The largest absolute Gasteiger partial charge is 0.356 e. The third-order valence-corrected chi connectivity index (χ3v) is 7.08. The predicted molar refractivity (Wildman–Crippen MR) is 134 cm³/mol. The number of para-hydroxylation sites is 1. The second-order valence-corrected chi connectivity index (χ2v) is 9.25. The number of hydrogen-bond acceptors (Lipinski definition) is 3. The molecule has 1 N–H and O–H groups in total. The maximum Gasteiger partial charge on any atom is 0.274 e. The highest BCUT2D eigenvalue weighted by atomic mass is 35.5. The molecule has 1 aliphatic rings. The Morgan fingerprint density at radius 3 is 2.68 bits per heavy atom. The van der Waals surface area contributed by atoms with Gasteiger partial charge in [-0.25, -0.2) is 4.68 Å². The summed E-state index contributed by atoms with van der Waals surface area (Å²) in [5, 5.41) is 6.23. The van der Waals surface area contributed by atoms with E-state index in [4.69, 9.17) is 11.6 Å². The van der Waals surface area contributed by atoms with Crippen LogP contribution >= 0.6 is 11.6 Å². The number of aromatic amines is 1. The lowest BCUT2D eigenvalue weighted by Crippen LogP contribution is -2.42. The molecule has 6 nitrogen and oxygen atoms in total. The molecule has 7 heteroatoms. The maximum absolute atomic E-state index is 13.7. The Hall–Kier alpha value is -3.38. The Labute approximate surface area is 203 Å². The topological polar surface area (TPSA) is 71.0 Å². The number of halogens is 1. The van der Waals surface area contributed by atoms with Crippen molar-refractivity contribution in [1.82, 2.24) is 19.7 Å². The van der Waals surface area contributed by atoms with Crippen LogP contribution in [0, 0.1) is 0 Å². The molecule has 3 heterocycles. The normalized spacial score (nSPS) is 17.7. The van der Waals surface area contributed by atoms with E-state index in [0.717, 1.165) is 35.0 Å². The van der Waals surface area contributed by atoms with Crippen molar-refractivity contribution in [1.29, 1.82) is 0 Å². The number of fused-ring (bicyclic) bond motifs is 3. The highest BCUT2D eigenvalue weighted by Crippen LogP contribution is 2.44. The minimum Gasteiger partial charge on any atom is -0.356 e. The van der Waals surface area contributed by atoms with Crippen molar-refractivity contribution in [2.75, 3.05) is 6.54 Å². The Kier molecular flexibility index (Phi) is 6.00. The Morgan fingerprint density at radius 2 is 1.88 bits per heavy atom. The molecule has 0 spiro atoms. The van der Waals surface area contributed by atoms with E-state index in [1.54, 1.807) is 0 Å². The summed E-state index contributed by atoms with van der Waals surface area (Å²) in [4.78, 5) is 31.4. The van der Waals surface area contributed by atoms with Crippen molar-refractivity contribution < 1.29 is 4.79 Å². The zero-order valence-electron chi connectivity index (χ0n) is 19.3. The first-order chi connectivity index (χ1) is 16.5. The zero-order valence-corrected chi connectivity index (χ0v) is 20.0. The molecule has 0 saturated carbocycles. The third-order valence-electron chi connectivity index (χ3n) is 6.74. The van der Waals surface area contributed by atoms with E-state index in [9.17, 15) is 9.59 Å². The molecule has 2 aromatic carbocycles. The van der Waals surface area contributed by atoms with Gasteiger partial charge in [-0.3, -0.25) is 9.59 Å². The molecule has 0 bridgehead atoms. The van der Waals surface area contributed by atoms with E-state index in [-0.39, 0.29) is 29.1 Å². The summed E-state index contributed by atoms with van der Waals surface area (Å²) in [5.74, 6) is -0.287. The molecule has 1 aliphatic heterocycles. The third kappa shape index (κ3) is 3.82. The molecule has 0 fully saturated rings. The van der Waals surface area contributed by atoms with Gasteiger partial charge in [0.1, 0.15) is 5.69 Å². The summed E-state index contributed by atoms with van der Waals surface area (Å²) >= 11 is 6.65. The van der Waals surface area contributed by atoms with Gasteiger partial charge >= 0.3 is 0 Å². The number of aromatic nitrogens is 3. The van der Waals surface area contributed by atoms with E-state index in [1.165, 1.54) is 22.4 Å². The molecule has 5 rings (SSSR count). The van der Waals surface area contributed by atoms with Crippen LogP contribution in [0.25, 0.3) is 10.9 Å². The number of rotatable bonds is 5. The van der Waals surface area contributed by atoms with Crippen molar-refractivity contribution in [2.45, 2.75) is 45.2 Å². The van der Waals surface area contributed by atoms with Gasteiger partial charge in [0.25, 0.3) is 11.5 Å². The van der Waals surface area contributed by atoms with Crippen molar-refractivity contribution in [2.24, 2.45) is 0 Å². The van der Waals surface area contributed by atoms with Crippen LogP contribution in [0.4, 0.5) is 0 Å². The fourth-order valence-electron chi connectivity index (χ4n) is 4.94. The number of nitrogens with one attached hydrogen (secondary N) is 1. The van der Waals surface area contributed by atoms with E-state index in [0.29, 0.717) is 18.1 Å². The summed E-state index contributed by atoms with van der Waals surface area (Å²) < 4.78 is 1.39. The van der Waals surface area contributed by atoms with Gasteiger partial charge in [0.2, 0.25) is 0 Å². The fourth-order valence-corrected chi connectivity index (χ4v) is 5.21. The number of benzene rings is 2. The summed E-state index contributed by atoms with van der Waals surface area (Å²) in [7, 11) is 0. The monoisotopic (exact) mass is 474 g/mol. The maximum atomic E-state index is 13.7. The highest BCUT2D eigenvalue weighted by molar-refractivity contribution is 6.31. The second-order valence-electron chi connectivity index (χ2n) is 8.84. The van der Waals surface area contributed by atoms with Gasteiger partial charge in [-0.1, -0.05) is 61.3 Å². The van der Waals surface area contributed by atoms with Crippen molar-refractivity contribution in [3.63, 3.8) is 0 Å². The minimum atomic E-state index is -0.195. The van der Waals surface area contributed by atoms with Gasteiger partial charge in [-0.2, -0.15) is 5.10 Å². The number of unbranched alkanes of at least 4 members (excludes halogenated alkanes) is 1. The lowest BCUT2D eigenvalue weighted by Gasteiger charge is -2.38. The number of carbonyl (C=O) groups excluding carboxylic acids is 1. The molecule has 2 aromatic heterocycles. The Bertz CT molecular complexity index is 1420. The average molecular weight is 475 g/mol. The van der Waals surface area contributed by atoms with Crippen LogP contribution in [0.2, 0.25) is 5.02 Å². The van der Waals surface area contributed by atoms with Crippen LogP contribution in [-0.4, -0.2) is 32.1 Å². The van der Waals surface area contributed by atoms with Crippen LogP contribution in [-0.2, 0) is 6.54 Å². The summed E-state index contributed by atoms with van der Waals surface area (Å²) in [6.07, 6.45) is 1.77. The van der Waals surface area contributed by atoms with E-state index in [1.807, 2.05) is 48.2 Å². The second kappa shape index (κ2) is 9.11. The van der Waals surface area contributed by atoms with Crippen LogP contribution in [0.5, 0.6) is 0 Å². The molecule has 0 aliphatic carbocycles. The Balaban J connectivity index is 1.61. The number of hydrogen-bond donors (Lipinski definition) is 1. The van der Waals surface area contributed by atoms with Crippen LogP contribution in [0.3, 0.4) is 0 Å². The van der Waals surface area contributed by atoms with Crippen LogP contribution in [0.1, 0.15) is 66.0 Å². The van der Waals surface area contributed by atoms with E-state index >= 15 is 0 Å². The lowest BCUT2D eigenvalue weighted by atomic mass is 9.83. The first kappa shape index (κ1) is 22.4. The number of carbonyl (C=O) groups is 1. The van der Waals surface area contributed by atoms with E-state index < -0.39 is 0 Å². The van der Waals surface area contributed by atoms with Crippen molar-refractivity contribution >= 4 is 28.4 Å². The number of amides is 1. The molecule has 0 radical (unpaired) electrons. The molecular formula is C27H27ClN4O2. The molecule has 1 amide bonds. The van der Waals surface area contributed by atoms with E-state index in [2.05, 4.69) is 29.1 Å². The molecule has 174 valence electrons. The first-order valence-corrected chi connectivity index (χ1v) is 12.1. The molecule has 2 unspecified atom stereocenters. The number of H-pyrrole nitrogens is 1. The van der Waals surface area contributed by atoms with Gasteiger partial charge in [0, 0.05) is 46.7 Å². The van der Waals surface area contributed by atoms with Gasteiger partial charge in [-0.15, -0.1) is 0 Å². The first-order valence-electron chi connectivity index (χ1n) is 11.7. The molecule has 4 aromatic rings.